The number of alkyl halides is 3. The second-order valence-electron chi connectivity index (χ2n) is 5.63. The normalized spacial score (nSPS) is 11.2. The quantitative estimate of drug-likeness (QED) is 0.655. The van der Waals surface area contributed by atoms with Crippen LogP contribution in [0.1, 0.15) is 16.1 Å². The van der Waals surface area contributed by atoms with Gasteiger partial charge < -0.3 is 10.1 Å². The van der Waals surface area contributed by atoms with Gasteiger partial charge >= 0.3 is 6.18 Å². The average Bonchev–Trinajstić information content (AvgIpc) is 2.68. The Bertz CT molecular complexity index is 1010. The number of nitrogens with one attached hydrogen (secondary N) is 1. The number of rotatable bonds is 4. The smallest absolute Gasteiger partial charge is 0.420 e. The largest absolute Gasteiger partial charge is 0.496 e. The third-order valence-corrected chi connectivity index (χ3v) is 4.10. The second kappa shape index (κ2) is 7.85. The molecule has 0 spiro atoms. The van der Waals surface area contributed by atoms with Crippen LogP contribution in [0, 0.1) is 0 Å². The van der Waals surface area contributed by atoms with Gasteiger partial charge in [0.25, 0.3) is 5.91 Å². The van der Waals surface area contributed by atoms with Crippen LogP contribution in [-0.4, -0.2) is 23.0 Å². The van der Waals surface area contributed by atoms with Crippen molar-refractivity contribution in [1.29, 1.82) is 0 Å². The van der Waals surface area contributed by atoms with E-state index < -0.39 is 17.6 Å². The number of carbonyl (C=O) groups is 1. The lowest BCUT2D eigenvalue weighted by Crippen LogP contribution is -2.15. The van der Waals surface area contributed by atoms with Gasteiger partial charge in [0, 0.05) is 23.6 Å². The number of pyridine rings is 2. The highest BCUT2D eigenvalue weighted by Gasteiger charge is 2.34. The summed E-state index contributed by atoms with van der Waals surface area (Å²) in [6.07, 6.45) is -1.63. The maximum Gasteiger partial charge on any atom is 0.420 e. The number of nitrogens with zero attached hydrogens (tertiary/aromatic N) is 2. The molecule has 0 fully saturated rings. The van der Waals surface area contributed by atoms with E-state index in [0.717, 1.165) is 19.2 Å². The van der Waals surface area contributed by atoms with Crippen molar-refractivity contribution in [2.75, 3.05) is 12.4 Å². The fraction of sp³-hybridized carbons (Fsp3) is 0.105. The van der Waals surface area contributed by atoms with Crippen molar-refractivity contribution in [2.24, 2.45) is 0 Å². The highest BCUT2D eigenvalue weighted by atomic mass is 35.5. The molecule has 9 heteroatoms. The van der Waals surface area contributed by atoms with Crippen LogP contribution in [0.4, 0.5) is 18.9 Å². The highest BCUT2D eigenvalue weighted by Crippen LogP contribution is 2.37. The number of amides is 1. The predicted molar refractivity (Wildman–Crippen MR) is 98.4 cm³/mol. The van der Waals surface area contributed by atoms with E-state index in [1.165, 1.54) is 18.3 Å². The van der Waals surface area contributed by atoms with Gasteiger partial charge in [0.2, 0.25) is 0 Å². The van der Waals surface area contributed by atoms with E-state index in [2.05, 4.69) is 15.3 Å². The number of aromatic nitrogens is 2. The number of carbonyl (C=O) groups excluding carboxylic acids is 1. The summed E-state index contributed by atoms with van der Waals surface area (Å²) in [6, 6.07) is 9.65. The van der Waals surface area contributed by atoms with Crippen molar-refractivity contribution < 1.29 is 22.7 Å². The minimum atomic E-state index is -4.62. The summed E-state index contributed by atoms with van der Waals surface area (Å²) in [4.78, 5) is 20.5. The Kier molecular flexibility index (Phi) is 5.51. The number of methoxy groups -OCH3 is 1. The zero-order chi connectivity index (χ0) is 20.3. The van der Waals surface area contributed by atoms with Gasteiger partial charge in [-0.25, -0.2) is 0 Å². The lowest BCUT2D eigenvalue weighted by Gasteiger charge is -2.14. The topological polar surface area (TPSA) is 64.1 Å². The van der Waals surface area contributed by atoms with E-state index in [4.69, 9.17) is 16.3 Å². The first-order valence-electron chi connectivity index (χ1n) is 7.93. The molecule has 0 atom stereocenters. The molecule has 2 heterocycles. The molecule has 0 radical (unpaired) electrons. The van der Waals surface area contributed by atoms with Crippen LogP contribution < -0.4 is 10.1 Å². The van der Waals surface area contributed by atoms with E-state index in [9.17, 15) is 18.0 Å². The summed E-state index contributed by atoms with van der Waals surface area (Å²) in [7, 11) is 1.14. The van der Waals surface area contributed by atoms with Crippen LogP contribution in [0.3, 0.4) is 0 Å². The summed E-state index contributed by atoms with van der Waals surface area (Å²) < 4.78 is 44.0. The van der Waals surface area contributed by atoms with E-state index in [1.54, 1.807) is 24.4 Å². The van der Waals surface area contributed by atoms with Crippen molar-refractivity contribution in [2.45, 2.75) is 6.18 Å². The maximum atomic E-state index is 13.1. The average molecular weight is 408 g/mol. The van der Waals surface area contributed by atoms with Gasteiger partial charge in [-0.15, -0.1) is 0 Å². The summed E-state index contributed by atoms with van der Waals surface area (Å²) in [5, 5.41) is 2.82. The summed E-state index contributed by atoms with van der Waals surface area (Å²) >= 11 is 6.07. The zero-order valence-corrected chi connectivity index (χ0v) is 15.2. The zero-order valence-electron chi connectivity index (χ0n) is 14.4. The number of anilines is 1. The molecule has 0 saturated heterocycles. The summed E-state index contributed by atoms with van der Waals surface area (Å²) in [5.74, 6) is -0.989. The molecule has 1 aromatic carbocycles. The van der Waals surface area contributed by atoms with Crippen LogP contribution in [0.15, 0.2) is 54.9 Å². The summed E-state index contributed by atoms with van der Waals surface area (Å²) in [5.41, 5.74) is 0.123. The molecule has 1 amide bonds. The van der Waals surface area contributed by atoms with E-state index in [0.29, 0.717) is 16.3 Å². The minimum Gasteiger partial charge on any atom is -0.496 e. The number of benzene rings is 1. The molecule has 0 bridgehead atoms. The Balaban J connectivity index is 1.81. The molecule has 1 N–H and O–H groups in total. The molecule has 0 aliphatic heterocycles. The third-order valence-electron chi connectivity index (χ3n) is 3.79. The fourth-order valence-electron chi connectivity index (χ4n) is 2.47. The fourth-order valence-corrected chi connectivity index (χ4v) is 2.70. The van der Waals surface area contributed by atoms with Crippen LogP contribution in [0.25, 0.3) is 11.3 Å². The van der Waals surface area contributed by atoms with Crippen LogP contribution in [0.2, 0.25) is 5.02 Å². The van der Waals surface area contributed by atoms with Crippen LogP contribution in [-0.2, 0) is 6.18 Å². The lowest BCUT2D eigenvalue weighted by molar-refractivity contribution is -0.138. The van der Waals surface area contributed by atoms with Gasteiger partial charge in [-0.2, -0.15) is 13.2 Å². The van der Waals surface area contributed by atoms with Crippen molar-refractivity contribution in [1.82, 2.24) is 9.97 Å². The van der Waals surface area contributed by atoms with Gasteiger partial charge in [0.15, 0.2) is 0 Å². The van der Waals surface area contributed by atoms with Gasteiger partial charge in [0.1, 0.15) is 11.4 Å². The first-order valence-corrected chi connectivity index (χ1v) is 8.31. The van der Waals surface area contributed by atoms with Gasteiger partial charge in [-0.3, -0.25) is 14.8 Å². The standard InChI is InChI=1S/C19H13ClF3N3O2/c1-28-16-7-5-12(9-13(16)19(21,22)23)26-18(27)15-6-4-11(10-25-15)17-14(20)3-2-8-24-17/h2-10H,1H3,(H,26,27). The Morgan fingerprint density at radius 1 is 1.14 bits per heavy atom. The SMILES string of the molecule is COc1ccc(NC(=O)c2ccc(-c3ncccc3Cl)cn2)cc1C(F)(F)F. The minimum absolute atomic E-state index is 0.0279. The van der Waals surface area contributed by atoms with E-state index >= 15 is 0 Å². The molecule has 3 aromatic rings. The molecule has 0 unspecified atom stereocenters. The second-order valence-corrected chi connectivity index (χ2v) is 6.04. The number of ether oxygens (including phenoxy) is 1. The molecule has 0 aliphatic rings. The van der Waals surface area contributed by atoms with Crippen molar-refractivity contribution >= 4 is 23.2 Å². The van der Waals surface area contributed by atoms with Gasteiger partial charge in [-0.05, 0) is 42.5 Å². The van der Waals surface area contributed by atoms with Crippen molar-refractivity contribution in [3.8, 4) is 17.0 Å². The van der Waals surface area contributed by atoms with E-state index in [-0.39, 0.29) is 17.1 Å². The third kappa shape index (κ3) is 4.23. The van der Waals surface area contributed by atoms with E-state index in [1.807, 2.05) is 0 Å². The highest BCUT2D eigenvalue weighted by molar-refractivity contribution is 6.33. The van der Waals surface area contributed by atoms with Crippen LogP contribution in [0.5, 0.6) is 5.75 Å². The Hall–Kier alpha value is -3.13. The Labute approximate surface area is 163 Å². The molecular formula is C19H13ClF3N3O2. The molecule has 3 rings (SSSR count). The van der Waals surface area contributed by atoms with Gasteiger partial charge in [-0.1, -0.05) is 11.6 Å². The molecule has 2 aromatic heterocycles. The van der Waals surface area contributed by atoms with Crippen molar-refractivity contribution in [3.05, 3.63) is 71.1 Å². The Morgan fingerprint density at radius 2 is 1.93 bits per heavy atom. The number of hydrogen-bond donors (Lipinski definition) is 1. The number of halogens is 4. The molecule has 0 saturated carbocycles. The first-order chi connectivity index (χ1) is 13.3. The number of hydrogen-bond acceptors (Lipinski definition) is 4. The van der Waals surface area contributed by atoms with Crippen molar-refractivity contribution in [3.63, 3.8) is 0 Å². The molecule has 144 valence electrons. The van der Waals surface area contributed by atoms with Crippen LogP contribution >= 0.6 is 11.6 Å². The molecule has 0 aliphatic carbocycles. The first kappa shape index (κ1) is 19.6. The molecule has 28 heavy (non-hydrogen) atoms. The predicted octanol–water partition coefficient (Wildman–Crippen LogP) is 5.08. The monoisotopic (exact) mass is 407 g/mol. The maximum absolute atomic E-state index is 13.1. The molecular weight excluding hydrogens is 395 g/mol. The molecule has 5 nitrogen and oxygen atoms in total. The van der Waals surface area contributed by atoms with Gasteiger partial charge in [0.05, 0.1) is 23.4 Å². The lowest BCUT2D eigenvalue weighted by atomic mass is 10.1. The Morgan fingerprint density at radius 3 is 2.54 bits per heavy atom. The summed E-state index contributed by atoms with van der Waals surface area (Å²) in [6.45, 7) is 0.